The van der Waals surface area contributed by atoms with Crippen molar-refractivity contribution in [2.45, 2.75) is 45.8 Å². The Labute approximate surface area is 186 Å². The molecule has 5 rings (SSSR count). The van der Waals surface area contributed by atoms with Crippen molar-refractivity contribution in [3.05, 3.63) is 75.8 Å². The van der Waals surface area contributed by atoms with E-state index in [0.717, 1.165) is 30.9 Å². The van der Waals surface area contributed by atoms with Gasteiger partial charge in [-0.15, -0.1) is 0 Å². The summed E-state index contributed by atoms with van der Waals surface area (Å²) in [5, 5.41) is 8.05. The molecule has 0 atom stereocenters. The summed E-state index contributed by atoms with van der Waals surface area (Å²) in [6, 6.07) is 12.7. The number of benzene rings is 1. The van der Waals surface area contributed by atoms with Crippen LogP contribution in [0.2, 0.25) is 0 Å². The summed E-state index contributed by atoms with van der Waals surface area (Å²) >= 11 is 0. The Morgan fingerprint density at radius 2 is 1.91 bits per heavy atom. The molecule has 3 aromatic heterocycles. The fourth-order valence-electron chi connectivity index (χ4n) is 4.08. The maximum Gasteiger partial charge on any atom is 0.263 e. The van der Waals surface area contributed by atoms with E-state index in [1.165, 1.54) is 11.1 Å². The van der Waals surface area contributed by atoms with E-state index < -0.39 is 0 Å². The number of nitrogens with one attached hydrogen (secondary N) is 2. The van der Waals surface area contributed by atoms with E-state index in [0.29, 0.717) is 23.5 Å². The number of fused-ring (bicyclic) bond motifs is 2. The molecular formula is C24H27N7O. The van der Waals surface area contributed by atoms with Crippen molar-refractivity contribution in [3.8, 4) is 0 Å². The number of rotatable bonds is 4. The molecule has 0 radical (unpaired) electrons. The van der Waals surface area contributed by atoms with Crippen molar-refractivity contribution >= 4 is 22.8 Å². The lowest BCUT2D eigenvalue weighted by molar-refractivity contribution is 0.366. The summed E-state index contributed by atoms with van der Waals surface area (Å²) in [6.45, 7) is 8.45. The van der Waals surface area contributed by atoms with Crippen LogP contribution in [-0.2, 0) is 25.0 Å². The highest BCUT2D eigenvalue weighted by Crippen LogP contribution is 2.23. The van der Waals surface area contributed by atoms with Gasteiger partial charge in [-0.1, -0.05) is 30.3 Å². The first-order chi connectivity index (χ1) is 15.4. The molecule has 1 aliphatic heterocycles. The third-order valence-corrected chi connectivity index (χ3v) is 5.80. The van der Waals surface area contributed by atoms with Crippen molar-refractivity contribution in [2.75, 3.05) is 16.8 Å². The van der Waals surface area contributed by atoms with Crippen LogP contribution in [0.25, 0.3) is 11.0 Å². The lowest BCUT2D eigenvalue weighted by Gasteiger charge is -2.29. The van der Waals surface area contributed by atoms with E-state index in [-0.39, 0.29) is 11.1 Å². The first kappa shape index (κ1) is 20.2. The van der Waals surface area contributed by atoms with Gasteiger partial charge in [-0.3, -0.25) is 9.78 Å². The molecule has 164 valence electrons. The first-order valence-electron chi connectivity index (χ1n) is 10.9. The number of aromatic amines is 1. The van der Waals surface area contributed by atoms with Gasteiger partial charge in [0.05, 0.1) is 11.7 Å². The molecule has 0 saturated heterocycles. The predicted molar refractivity (Wildman–Crippen MR) is 126 cm³/mol. The first-order valence-corrected chi connectivity index (χ1v) is 10.9. The van der Waals surface area contributed by atoms with Crippen molar-refractivity contribution < 1.29 is 0 Å². The lowest BCUT2D eigenvalue weighted by atomic mass is 10.00. The number of anilines is 2. The Bertz CT molecular complexity index is 1310. The summed E-state index contributed by atoms with van der Waals surface area (Å²) in [7, 11) is 0. The summed E-state index contributed by atoms with van der Waals surface area (Å²) in [5.41, 5.74) is 3.91. The quantitative estimate of drug-likeness (QED) is 0.516. The normalized spacial score (nSPS) is 13.9. The monoisotopic (exact) mass is 429 g/mol. The third-order valence-electron chi connectivity index (χ3n) is 5.80. The third kappa shape index (κ3) is 3.84. The topological polar surface area (TPSA) is 91.7 Å². The average molecular weight is 430 g/mol. The smallest absolute Gasteiger partial charge is 0.263 e. The Kier molecular flexibility index (Phi) is 4.92. The number of hydrogen-bond donors (Lipinski definition) is 2. The number of H-pyrrole nitrogens is 1. The maximum absolute atomic E-state index is 12.5. The molecule has 4 aromatic rings. The van der Waals surface area contributed by atoms with Gasteiger partial charge in [0.2, 0.25) is 5.95 Å². The summed E-state index contributed by atoms with van der Waals surface area (Å²) < 4.78 is 1.77. The highest BCUT2D eigenvalue weighted by molar-refractivity contribution is 5.74. The standard InChI is InChI=1S/C24H27N7O/c1-24(2,3)31-21-19(14-27-31)22(32)29-23(28-21)26-13-16-8-9-20(25-12-16)30-11-10-17-6-4-5-7-18(17)15-30/h4-9,12,14H,10-11,13,15H2,1-3H3,(H2,26,28,29,32). The van der Waals surface area contributed by atoms with Gasteiger partial charge in [-0.05, 0) is 49.9 Å². The SMILES string of the molecule is CC(C)(C)n1ncc2c(=O)[nH]c(NCc3ccc(N4CCc5ccccc5C4)nc3)nc21. The van der Waals surface area contributed by atoms with Crippen LogP contribution in [0, 0.1) is 0 Å². The van der Waals surface area contributed by atoms with Gasteiger partial charge in [0.1, 0.15) is 11.2 Å². The zero-order valence-electron chi connectivity index (χ0n) is 18.6. The second kappa shape index (κ2) is 7.78. The summed E-state index contributed by atoms with van der Waals surface area (Å²) in [5.74, 6) is 1.40. The van der Waals surface area contributed by atoms with E-state index in [1.54, 1.807) is 10.9 Å². The van der Waals surface area contributed by atoms with E-state index in [1.807, 2.05) is 27.0 Å². The number of aromatic nitrogens is 5. The van der Waals surface area contributed by atoms with Crippen LogP contribution >= 0.6 is 0 Å². The second-order valence-corrected chi connectivity index (χ2v) is 9.20. The molecule has 8 nitrogen and oxygen atoms in total. The van der Waals surface area contributed by atoms with E-state index in [2.05, 4.69) is 66.7 Å². The van der Waals surface area contributed by atoms with Crippen LogP contribution in [0.5, 0.6) is 0 Å². The molecule has 0 fully saturated rings. The van der Waals surface area contributed by atoms with E-state index in [4.69, 9.17) is 0 Å². The molecule has 0 bridgehead atoms. The van der Waals surface area contributed by atoms with Gasteiger partial charge >= 0.3 is 0 Å². The van der Waals surface area contributed by atoms with Crippen molar-refractivity contribution in [1.29, 1.82) is 0 Å². The van der Waals surface area contributed by atoms with Gasteiger partial charge in [0.25, 0.3) is 5.56 Å². The van der Waals surface area contributed by atoms with Crippen molar-refractivity contribution in [1.82, 2.24) is 24.7 Å². The van der Waals surface area contributed by atoms with Gasteiger partial charge in [0, 0.05) is 25.8 Å². The molecule has 0 saturated carbocycles. The molecular weight excluding hydrogens is 402 g/mol. The number of hydrogen-bond acceptors (Lipinski definition) is 6. The Hall–Kier alpha value is -3.68. The van der Waals surface area contributed by atoms with Crippen LogP contribution in [0.4, 0.5) is 11.8 Å². The maximum atomic E-state index is 12.5. The Morgan fingerprint density at radius 3 is 2.66 bits per heavy atom. The van der Waals surface area contributed by atoms with Crippen molar-refractivity contribution in [3.63, 3.8) is 0 Å². The van der Waals surface area contributed by atoms with E-state index in [9.17, 15) is 4.79 Å². The molecule has 8 heteroatoms. The minimum atomic E-state index is -0.269. The molecule has 0 spiro atoms. The minimum Gasteiger partial charge on any atom is -0.352 e. The molecule has 2 N–H and O–H groups in total. The highest BCUT2D eigenvalue weighted by Gasteiger charge is 2.20. The Balaban J connectivity index is 1.30. The van der Waals surface area contributed by atoms with Crippen LogP contribution < -0.4 is 15.8 Å². The Morgan fingerprint density at radius 1 is 1.09 bits per heavy atom. The van der Waals surface area contributed by atoms with Crippen LogP contribution in [0.15, 0.2) is 53.6 Å². The zero-order valence-corrected chi connectivity index (χ0v) is 18.6. The van der Waals surface area contributed by atoms with Crippen LogP contribution in [0.1, 0.15) is 37.5 Å². The fraction of sp³-hybridized carbons (Fsp3) is 0.333. The number of nitrogens with zero attached hydrogens (tertiary/aromatic N) is 5. The van der Waals surface area contributed by atoms with Gasteiger partial charge in [-0.25, -0.2) is 9.67 Å². The summed E-state index contributed by atoms with van der Waals surface area (Å²) in [6.07, 6.45) is 4.48. The molecule has 0 unspecified atom stereocenters. The van der Waals surface area contributed by atoms with E-state index >= 15 is 0 Å². The number of pyridine rings is 1. The molecule has 1 aliphatic rings. The highest BCUT2D eigenvalue weighted by atomic mass is 16.1. The lowest BCUT2D eigenvalue weighted by Crippen LogP contribution is -2.30. The van der Waals surface area contributed by atoms with Gasteiger partial charge in [-0.2, -0.15) is 10.1 Å². The van der Waals surface area contributed by atoms with Gasteiger partial charge in [0.15, 0.2) is 5.65 Å². The molecule has 0 aliphatic carbocycles. The predicted octanol–water partition coefficient (Wildman–Crippen LogP) is 3.44. The minimum absolute atomic E-state index is 0.202. The van der Waals surface area contributed by atoms with Gasteiger partial charge < -0.3 is 10.2 Å². The zero-order chi connectivity index (χ0) is 22.3. The second-order valence-electron chi connectivity index (χ2n) is 9.20. The molecule has 32 heavy (non-hydrogen) atoms. The summed E-state index contributed by atoms with van der Waals surface area (Å²) in [4.78, 5) is 26.8. The largest absolute Gasteiger partial charge is 0.352 e. The fourth-order valence-corrected chi connectivity index (χ4v) is 4.08. The van der Waals surface area contributed by atoms with Crippen molar-refractivity contribution in [2.24, 2.45) is 0 Å². The molecule has 0 amide bonds. The molecule has 1 aromatic carbocycles. The molecule has 4 heterocycles. The average Bonchev–Trinajstić information content (AvgIpc) is 3.23. The van der Waals surface area contributed by atoms with Crippen LogP contribution in [-0.4, -0.2) is 31.3 Å². The van der Waals surface area contributed by atoms with Crippen LogP contribution in [0.3, 0.4) is 0 Å².